The number of ether oxygens (including phenoxy) is 1. The Balaban J connectivity index is 2.16. The Kier molecular flexibility index (Phi) is 5.37. The molecule has 0 fully saturated rings. The highest BCUT2D eigenvalue weighted by atomic mass is 19.1. The fraction of sp³-hybridized carbons (Fsp3) is 0.381. The number of hydrogen-bond acceptors (Lipinski definition) is 2. The first kappa shape index (κ1) is 17.5. The summed E-state index contributed by atoms with van der Waals surface area (Å²) < 4.78 is 19.7. The Morgan fingerprint density at radius 1 is 1.24 bits per heavy atom. The minimum absolute atomic E-state index is 0.214. The maximum atomic E-state index is 14.2. The van der Waals surface area contributed by atoms with Gasteiger partial charge in [-0.1, -0.05) is 38.0 Å². The van der Waals surface area contributed by atoms with Crippen LogP contribution in [0.1, 0.15) is 56.0 Å². The summed E-state index contributed by atoms with van der Waals surface area (Å²) in [5.41, 5.74) is 3.35. The summed E-state index contributed by atoms with van der Waals surface area (Å²) >= 11 is 0. The summed E-state index contributed by atoms with van der Waals surface area (Å²) in [6, 6.07) is 9.50. The zero-order valence-electron chi connectivity index (χ0n) is 15.1. The van der Waals surface area contributed by atoms with E-state index in [0.717, 1.165) is 41.4 Å². The average Bonchev–Trinajstić information content (AvgIpc) is 3.02. The fourth-order valence-corrected chi connectivity index (χ4v) is 3.46. The highest BCUT2D eigenvalue weighted by molar-refractivity contribution is 5.88. The fourth-order valence-electron chi connectivity index (χ4n) is 3.46. The standard InChI is InChI=1S/C21H25FN2O/c1-4-6-9-17(21-14(3)23-13-24-21)16-10-7-8-15-11-19(22)20(25-5-2)12-18(15)16/h7-8,10-13,17H,4-6,9H2,1-3H3,(H,23,24). The predicted octanol–water partition coefficient (Wildman–Crippen LogP) is 5.73. The normalized spacial score (nSPS) is 12.5. The van der Waals surface area contributed by atoms with E-state index in [1.807, 2.05) is 32.0 Å². The van der Waals surface area contributed by atoms with Gasteiger partial charge in [-0.05, 0) is 48.7 Å². The molecule has 25 heavy (non-hydrogen) atoms. The molecule has 1 aromatic heterocycles. The number of nitrogens with one attached hydrogen (secondary N) is 1. The molecule has 0 aliphatic rings. The molecule has 1 heterocycles. The van der Waals surface area contributed by atoms with E-state index in [-0.39, 0.29) is 11.7 Å². The second-order valence-corrected chi connectivity index (χ2v) is 6.38. The maximum absolute atomic E-state index is 14.2. The van der Waals surface area contributed by atoms with Gasteiger partial charge in [0.25, 0.3) is 0 Å². The number of unbranched alkanes of at least 4 members (excludes halogenated alkanes) is 1. The molecular weight excluding hydrogens is 315 g/mol. The molecule has 0 amide bonds. The van der Waals surface area contributed by atoms with Gasteiger partial charge in [0, 0.05) is 11.6 Å². The zero-order valence-corrected chi connectivity index (χ0v) is 15.1. The van der Waals surface area contributed by atoms with E-state index in [1.165, 1.54) is 5.56 Å². The molecule has 1 unspecified atom stereocenters. The maximum Gasteiger partial charge on any atom is 0.165 e. The lowest BCUT2D eigenvalue weighted by Gasteiger charge is -2.20. The number of imidazole rings is 1. The second-order valence-electron chi connectivity index (χ2n) is 6.38. The Bertz CT molecular complexity index is 856. The van der Waals surface area contributed by atoms with Crippen molar-refractivity contribution in [2.45, 2.75) is 46.0 Å². The molecule has 0 aliphatic carbocycles. The molecule has 3 nitrogen and oxygen atoms in total. The van der Waals surface area contributed by atoms with Gasteiger partial charge in [0.2, 0.25) is 0 Å². The summed E-state index contributed by atoms with van der Waals surface area (Å²) in [7, 11) is 0. The minimum Gasteiger partial charge on any atom is -0.491 e. The van der Waals surface area contributed by atoms with Gasteiger partial charge >= 0.3 is 0 Å². The van der Waals surface area contributed by atoms with Crippen molar-refractivity contribution in [3.63, 3.8) is 0 Å². The molecule has 0 bridgehead atoms. The smallest absolute Gasteiger partial charge is 0.165 e. The van der Waals surface area contributed by atoms with Crippen LogP contribution in [0.15, 0.2) is 36.7 Å². The van der Waals surface area contributed by atoms with Gasteiger partial charge < -0.3 is 9.72 Å². The average molecular weight is 340 g/mol. The van der Waals surface area contributed by atoms with Crippen LogP contribution in [0.5, 0.6) is 5.75 Å². The quantitative estimate of drug-likeness (QED) is 0.596. The predicted molar refractivity (Wildman–Crippen MR) is 99.8 cm³/mol. The lowest BCUT2D eigenvalue weighted by molar-refractivity contribution is 0.322. The molecule has 0 saturated carbocycles. The number of aromatic amines is 1. The van der Waals surface area contributed by atoms with Crippen molar-refractivity contribution in [2.24, 2.45) is 0 Å². The van der Waals surface area contributed by atoms with Gasteiger partial charge in [0.05, 0.1) is 18.6 Å². The number of H-pyrrole nitrogens is 1. The van der Waals surface area contributed by atoms with Crippen LogP contribution in [0.4, 0.5) is 4.39 Å². The number of hydrogen-bond donors (Lipinski definition) is 1. The van der Waals surface area contributed by atoms with Crippen LogP contribution in [0.3, 0.4) is 0 Å². The first-order chi connectivity index (χ1) is 12.2. The van der Waals surface area contributed by atoms with Crippen molar-refractivity contribution in [3.05, 3.63) is 59.4 Å². The highest BCUT2D eigenvalue weighted by Crippen LogP contribution is 2.36. The van der Waals surface area contributed by atoms with E-state index < -0.39 is 0 Å². The first-order valence-electron chi connectivity index (χ1n) is 9.00. The van der Waals surface area contributed by atoms with Crippen molar-refractivity contribution >= 4 is 10.8 Å². The molecule has 0 spiro atoms. The van der Waals surface area contributed by atoms with Crippen LogP contribution in [0.2, 0.25) is 0 Å². The Morgan fingerprint density at radius 2 is 2.08 bits per heavy atom. The number of aryl methyl sites for hydroxylation is 1. The largest absolute Gasteiger partial charge is 0.491 e. The third-order valence-electron chi connectivity index (χ3n) is 4.70. The number of benzene rings is 2. The monoisotopic (exact) mass is 340 g/mol. The molecule has 3 aromatic rings. The van der Waals surface area contributed by atoms with Crippen LogP contribution >= 0.6 is 0 Å². The third kappa shape index (κ3) is 3.53. The Hall–Kier alpha value is -2.36. The summed E-state index contributed by atoms with van der Waals surface area (Å²) in [4.78, 5) is 7.68. The highest BCUT2D eigenvalue weighted by Gasteiger charge is 2.21. The first-order valence-corrected chi connectivity index (χ1v) is 9.00. The Labute approximate surface area is 148 Å². The van der Waals surface area contributed by atoms with E-state index in [1.54, 1.807) is 12.4 Å². The Morgan fingerprint density at radius 3 is 2.76 bits per heavy atom. The second kappa shape index (κ2) is 7.68. The van der Waals surface area contributed by atoms with E-state index in [2.05, 4.69) is 23.0 Å². The number of fused-ring (bicyclic) bond motifs is 1. The van der Waals surface area contributed by atoms with Gasteiger partial charge in [-0.25, -0.2) is 9.37 Å². The molecule has 1 N–H and O–H groups in total. The van der Waals surface area contributed by atoms with Crippen molar-refractivity contribution in [1.82, 2.24) is 9.97 Å². The van der Waals surface area contributed by atoms with Gasteiger partial charge in [-0.15, -0.1) is 0 Å². The van der Waals surface area contributed by atoms with Crippen molar-refractivity contribution in [1.29, 1.82) is 0 Å². The van der Waals surface area contributed by atoms with Gasteiger partial charge in [-0.3, -0.25) is 0 Å². The van der Waals surface area contributed by atoms with Crippen LogP contribution in [-0.2, 0) is 0 Å². The summed E-state index contributed by atoms with van der Waals surface area (Å²) in [6.45, 7) is 6.54. The van der Waals surface area contributed by atoms with Gasteiger partial charge in [-0.2, -0.15) is 0 Å². The third-order valence-corrected chi connectivity index (χ3v) is 4.70. The molecule has 2 aromatic carbocycles. The van der Waals surface area contributed by atoms with Crippen LogP contribution in [0, 0.1) is 12.7 Å². The zero-order chi connectivity index (χ0) is 17.8. The van der Waals surface area contributed by atoms with E-state index in [4.69, 9.17) is 4.74 Å². The summed E-state index contributed by atoms with van der Waals surface area (Å²) in [5.74, 6) is 0.221. The van der Waals surface area contributed by atoms with Crippen molar-refractivity contribution in [3.8, 4) is 5.75 Å². The molecule has 0 saturated heterocycles. The molecule has 0 radical (unpaired) electrons. The SMILES string of the molecule is CCCCC(c1[nH]cnc1C)c1cccc2cc(F)c(OCC)cc12. The minimum atomic E-state index is -0.311. The topological polar surface area (TPSA) is 37.9 Å². The molecular formula is C21H25FN2O. The lowest BCUT2D eigenvalue weighted by Crippen LogP contribution is -2.05. The van der Waals surface area contributed by atoms with Crippen LogP contribution in [-0.4, -0.2) is 16.6 Å². The summed E-state index contributed by atoms with van der Waals surface area (Å²) in [6.07, 6.45) is 5.03. The summed E-state index contributed by atoms with van der Waals surface area (Å²) in [5, 5.41) is 1.94. The molecule has 4 heteroatoms. The number of rotatable bonds is 7. The molecule has 0 aliphatic heterocycles. The van der Waals surface area contributed by atoms with Crippen LogP contribution < -0.4 is 4.74 Å². The molecule has 3 rings (SSSR count). The number of nitrogens with zero attached hydrogens (tertiary/aromatic N) is 1. The lowest BCUT2D eigenvalue weighted by atomic mass is 9.86. The van der Waals surface area contributed by atoms with Crippen molar-refractivity contribution < 1.29 is 9.13 Å². The van der Waals surface area contributed by atoms with E-state index in [0.29, 0.717) is 12.4 Å². The number of halogens is 1. The van der Waals surface area contributed by atoms with Gasteiger partial charge in [0.1, 0.15) is 0 Å². The van der Waals surface area contributed by atoms with E-state index in [9.17, 15) is 4.39 Å². The van der Waals surface area contributed by atoms with Gasteiger partial charge in [0.15, 0.2) is 11.6 Å². The molecule has 1 atom stereocenters. The van der Waals surface area contributed by atoms with Crippen molar-refractivity contribution in [2.75, 3.05) is 6.61 Å². The molecule has 132 valence electrons. The van der Waals surface area contributed by atoms with E-state index >= 15 is 0 Å². The van der Waals surface area contributed by atoms with Crippen LogP contribution in [0.25, 0.3) is 10.8 Å². The number of aromatic nitrogens is 2.